The van der Waals surface area contributed by atoms with Gasteiger partial charge in [-0.2, -0.15) is 0 Å². The van der Waals surface area contributed by atoms with Gasteiger partial charge in [0, 0.05) is 26.0 Å². The molecule has 1 amide bonds. The van der Waals surface area contributed by atoms with Gasteiger partial charge in [-0.1, -0.05) is 0 Å². The number of carboxylic acid groups (broad SMARTS) is 1. The second kappa shape index (κ2) is 6.67. The van der Waals surface area contributed by atoms with Crippen LogP contribution in [0.15, 0.2) is 36.7 Å². The standard InChI is InChI=1S/C14H15N3O4/c1-21-8-7-17-6-2-3-11(17)13(18)16-12-9-10(14(19)20)4-5-15-12/h2-6,9H,7-8H2,1H3,(H,19,20)(H,15,16,18). The number of ether oxygens (including phenoxy) is 1. The van der Waals surface area contributed by atoms with E-state index < -0.39 is 5.97 Å². The van der Waals surface area contributed by atoms with E-state index in [9.17, 15) is 9.59 Å². The molecule has 0 saturated carbocycles. The molecule has 0 bridgehead atoms. The fourth-order valence-corrected chi connectivity index (χ4v) is 1.82. The summed E-state index contributed by atoms with van der Waals surface area (Å²) >= 11 is 0. The topological polar surface area (TPSA) is 93.5 Å². The molecule has 0 radical (unpaired) electrons. The Balaban J connectivity index is 2.13. The molecule has 110 valence electrons. The van der Waals surface area contributed by atoms with Crippen molar-refractivity contribution in [3.8, 4) is 0 Å². The molecule has 2 N–H and O–H groups in total. The van der Waals surface area contributed by atoms with Crippen LogP contribution in [0.1, 0.15) is 20.8 Å². The van der Waals surface area contributed by atoms with Crippen LogP contribution in [0, 0.1) is 0 Å². The van der Waals surface area contributed by atoms with Crippen LogP contribution in [-0.4, -0.2) is 40.3 Å². The molecule has 0 aromatic carbocycles. The molecule has 0 unspecified atom stereocenters. The highest BCUT2D eigenvalue weighted by Gasteiger charge is 2.12. The minimum Gasteiger partial charge on any atom is -0.478 e. The molecule has 0 saturated heterocycles. The van der Waals surface area contributed by atoms with E-state index in [-0.39, 0.29) is 17.3 Å². The third-order valence-electron chi connectivity index (χ3n) is 2.85. The summed E-state index contributed by atoms with van der Waals surface area (Å²) in [5, 5.41) is 11.5. The predicted octanol–water partition coefficient (Wildman–Crippen LogP) is 1.48. The van der Waals surface area contributed by atoms with Gasteiger partial charge in [0.05, 0.1) is 12.2 Å². The van der Waals surface area contributed by atoms with E-state index in [0.717, 1.165) is 0 Å². The van der Waals surface area contributed by atoms with Gasteiger partial charge < -0.3 is 19.7 Å². The summed E-state index contributed by atoms with van der Waals surface area (Å²) in [4.78, 5) is 27.0. The average Bonchev–Trinajstić information content (AvgIpc) is 2.93. The molecule has 7 nitrogen and oxygen atoms in total. The van der Waals surface area contributed by atoms with Crippen molar-refractivity contribution in [1.82, 2.24) is 9.55 Å². The quantitative estimate of drug-likeness (QED) is 0.840. The maximum Gasteiger partial charge on any atom is 0.335 e. The largest absolute Gasteiger partial charge is 0.478 e. The second-order valence-corrected chi connectivity index (χ2v) is 4.27. The Bertz CT molecular complexity index is 651. The highest BCUT2D eigenvalue weighted by molar-refractivity contribution is 6.03. The van der Waals surface area contributed by atoms with Gasteiger partial charge in [-0.3, -0.25) is 4.79 Å². The normalized spacial score (nSPS) is 10.3. The molecule has 0 aliphatic heterocycles. The van der Waals surface area contributed by atoms with Crippen molar-refractivity contribution >= 4 is 17.7 Å². The zero-order chi connectivity index (χ0) is 15.2. The number of anilines is 1. The smallest absolute Gasteiger partial charge is 0.335 e. The Morgan fingerprint density at radius 1 is 1.43 bits per heavy atom. The zero-order valence-electron chi connectivity index (χ0n) is 11.4. The van der Waals surface area contributed by atoms with E-state index in [1.165, 1.54) is 18.3 Å². The summed E-state index contributed by atoms with van der Waals surface area (Å²) in [6.07, 6.45) is 3.11. The maximum atomic E-state index is 12.2. The number of hydrogen-bond acceptors (Lipinski definition) is 4. The molecule has 21 heavy (non-hydrogen) atoms. The summed E-state index contributed by atoms with van der Waals surface area (Å²) < 4.78 is 6.73. The number of nitrogens with zero attached hydrogens (tertiary/aromatic N) is 2. The maximum absolute atomic E-state index is 12.2. The monoisotopic (exact) mass is 289 g/mol. The summed E-state index contributed by atoms with van der Waals surface area (Å²) in [5.74, 6) is -1.23. The Labute approximate surface area is 121 Å². The van der Waals surface area contributed by atoms with Crippen LogP contribution >= 0.6 is 0 Å². The number of methoxy groups -OCH3 is 1. The molecular formula is C14H15N3O4. The number of pyridine rings is 1. The lowest BCUT2D eigenvalue weighted by molar-refractivity contribution is 0.0696. The highest BCUT2D eigenvalue weighted by atomic mass is 16.5. The Hall–Kier alpha value is -2.67. The molecule has 2 rings (SSSR count). The van der Waals surface area contributed by atoms with Gasteiger partial charge in [-0.15, -0.1) is 0 Å². The van der Waals surface area contributed by atoms with Crippen LogP contribution in [0.5, 0.6) is 0 Å². The van der Waals surface area contributed by atoms with Crippen molar-refractivity contribution in [3.63, 3.8) is 0 Å². The Kier molecular flexibility index (Phi) is 4.68. The minimum absolute atomic E-state index is 0.0649. The van der Waals surface area contributed by atoms with E-state index in [4.69, 9.17) is 9.84 Å². The average molecular weight is 289 g/mol. The zero-order valence-corrected chi connectivity index (χ0v) is 11.4. The van der Waals surface area contributed by atoms with Crippen LogP contribution in [0.4, 0.5) is 5.82 Å². The van der Waals surface area contributed by atoms with Gasteiger partial charge in [-0.05, 0) is 24.3 Å². The Morgan fingerprint density at radius 2 is 2.24 bits per heavy atom. The van der Waals surface area contributed by atoms with Gasteiger partial charge in [0.25, 0.3) is 5.91 Å². The number of carbonyl (C=O) groups excluding carboxylic acids is 1. The predicted molar refractivity (Wildman–Crippen MR) is 75.5 cm³/mol. The summed E-state index contributed by atoms with van der Waals surface area (Å²) in [7, 11) is 1.59. The number of nitrogens with one attached hydrogen (secondary N) is 1. The SMILES string of the molecule is COCCn1cccc1C(=O)Nc1cc(C(=O)O)ccn1. The molecule has 2 aromatic rings. The fraction of sp³-hybridized carbons (Fsp3) is 0.214. The van der Waals surface area contributed by atoms with Crippen molar-refractivity contribution < 1.29 is 19.4 Å². The molecular weight excluding hydrogens is 274 g/mol. The number of aromatic nitrogens is 2. The van der Waals surface area contributed by atoms with Crippen molar-refractivity contribution in [2.75, 3.05) is 19.0 Å². The molecule has 2 aromatic heterocycles. The molecule has 0 aliphatic rings. The van der Waals surface area contributed by atoms with Crippen LogP contribution in [0.3, 0.4) is 0 Å². The van der Waals surface area contributed by atoms with Gasteiger partial charge >= 0.3 is 5.97 Å². The minimum atomic E-state index is -1.07. The number of hydrogen-bond donors (Lipinski definition) is 2. The van der Waals surface area contributed by atoms with Gasteiger partial charge in [0.15, 0.2) is 0 Å². The molecule has 7 heteroatoms. The third kappa shape index (κ3) is 3.67. The summed E-state index contributed by atoms with van der Waals surface area (Å²) in [6.45, 7) is 1.04. The van der Waals surface area contributed by atoms with Crippen LogP contribution < -0.4 is 5.32 Å². The number of carboxylic acids is 1. The molecule has 0 atom stereocenters. The van der Waals surface area contributed by atoms with Gasteiger partial charge in [0.1, 0.15) is 11.5 Å². The summed E-state index contributed by atoms with van der Waals surface area (Å²) in [5.41, 5.74) is 0.518. The first-order valence-corrected chi connectivity index (χ1v) is 6.26. The lowest BCUT2D eigenvalue weighted by Gasteiger charge is -2.09. The van der Waals surface area contributed by atoms with Crippen LogP contribution in [0.25, 0.3) is 0 Å². The Morgan fingerprint density at radius 3 is 2.95 bits per heavy atom. The van der Waals surface area contributed by atoms with Crippen LogP contribution in [0.2, 0.25) is 0 Å². The van der Waals surface area contributed by atoms with Gasteiger partial charge in [0.2, 0.25) is 0 Å². The van der Waals surface area contributed by atoms with Crippen LogP contribution in [-0.2, 0) is 11.3 Å². The number of aromatic carboxylic acids is 1. The molecule has 0 aliphatic carbocycles. The number of rotatable bonds is 6. The summed E-state index contributed by atoms with van der Waals surface area (Å²) in [6, 6.07) is 6.10. The van der Waals surface area contributed by atoms with Crippen molar-refractivity contribution in [1.29, 1.82) is 0 Å². The molecule has 2 heterocycles. The van der Waals surface area contributed by atoms with E-state index in [1.807, 2.05) is 0 Å². The van der Waals surface area contributed by atoms with E-state index in [0.29, 0.717) is 18.8 Å². The third-order valence-corrected chi connectivity index (χ3v) is 2.85. The lowest BCUT2D eigenvalue weighted by atomic mass is 10.2. The van der Waals surface area contributed by atoms with E-state index in [1.54, 1.807) is 30.0 Å². The molecule has 0 spiro atoms. The van der Waals surface area contributed by atoms with Crippen molar-refractivity contribution in [2.24, 2.45) is 0 Å². The fourth-order valence-electron chi connectivity index (χ4n) is 1.82. The first-order valence-electron chi connectivity index (χ1n) is 6.26. The first kappa shape index (κ1) is 14.7. The number of amides is 1. The van der Waals surface area contributed by atoms with Gasteiger partial charge in [-0.25, -0.2) is 9.78 Å². The van der Waals surface area contributed by atoms with E-state index >= 15 is 0 Å². The highest BCUT2D eigenvalue weighted by Crippen LogP contribution is 2.10. The second-order valence-electron chi connectivity index (χ2n) is 4.27. The number of carbonyl (C=O) groups is 2. The van der Waals surface area contributed by atoms with Crippen molar-refractivity contribution in [3.05, 3.63) is 47.9 Å². The first-order chi connectivity index (χ1) is 10.1. The van der Waals surface area contributed by atoms with Crippen molar-refractivity contribution in [2.45, 2.75) is 6.54 Å². The lowest BCUT2D eigenvalue weighted by Crippen LogP contribution is -2.19. The van der Waals surface area contributed by atoms with E-state index in [2.05, 4.69) is 10.3 Å². The molecule has 0 fully saturated rings.